The predicted molar refractivity (Wildman–Crippen MR) is 78.9 cm³/mol. The maximum atomic E-state index is 14.9. The zero-order valence-electron chi connectivity index (χ0n) is 13.5. The molecular weight excluding hydrogens is 277 g/mol. The molecule has 21 heavy (non-hydrogen) atoms. The van der Waals surface area contributed by atoms with Crippen LogP contribution in [-0.2, 0) is 19.0 Å². The number of halogens is 1. The third-order valence-electron chi connectivity index (χ3n) is 3.37. The molecule has 0 aromatic heterocycles. The van der Waals surface area contributed by atoms with Gasteiger partial charge in [-0.1, -0.05) is 24.9 Å². The molecule has 3 atom stereocenters. The molecule has 3 unspecified atom stereocenters. The van der Waals surface area contributed by atoms with Gasteiger partial charge in [-0.05, 0) is 27.2 Å². The zero-order valence-corrected chi connectivity index (χ0v) is 13.5. The Hall–Kier alpha value is -0.720. The molecule has 5 nitrogen and oxygen atoms in total. The van der Waals surface area contributed by atoms with Crippen LogP contribution in [0, 0.1) is 5.92 Å². The van der Waals surface area contributed by atoms with Gasteiger partial charge in [0.05, 0.1) is 5.92 Å². The van der Waals surface area contributed by atoms with Crippen molar-refractivity contribution in [3.63, 3.8) is 0 Å². The van der Waals surface area contributed by atoms with E-state index in [1.807, 2.05) is 20.8 Å². The average Bonchev–Trinajstić information content (AvgIpc) is 2.47. The third-order valence-corrected chi connectivity index (χ3v) is 3.37. The maximum Gasteiger partial charge on any atom is 0.232 e. The largest absolute Gasteiger partial charge is 0.363 e. The first-order chi connectivity index (χ1) is 10.2. The summed E-state index contributed by atoms with van der Waals surface area (Å²) in [5, 5.41) is 3.87. The topological polar surface area (TPSA) is 49.3 Å². The molecule has 0 amide bonds. The SMILES string of the molecule is CCCCC1C(OCC)ON=C(C(OCC)OCC)C1F. The highest BCUT2D eigenvalue weighted by atomic mass is 19.1. The smallest absolute Gasteiger partial charge is 0.232 e. The number of rotatable bonds is 10. The Morgan fingerprint density at radius 3 is 2.33 bits per heavy atom. The Morgan fingerprint density at radius 1 is 1.14 bits per heavy atom. The summed E-state index contributed by atoms with van der Waals surface area (Å²) >= 11 is 0. The molecule has 0 aliphatic carbocycles. The van der Waals surface area contributed by atoms with Crippen LogP contribution in [0.5, 0.6) is 0 Å². The van der Waals surface area contributed by atoms with Crippen molar-refractivity contribution in [2.75, 3.05) is 19.8 Å². The number of nitrogens with zero attached hydrogens (tertiary/aromatic N) is 1. The summed E-state index contributed by atoms with van der Waals surface area (Å²) in [6.45, 7) is 8.91. The van der Waals surface area contributed by atoms with Crippen molar-refractivity contribution in [1.29, 1.82) is 0 Å². The summed E-state index contributed by atoms with van der Waals surface area (Å²) in [5.41, 5.74) is 0.177. The van der Waals surface area contributed by atoms with Gasteiger partial charge in [0.15, 0.2) is 6.17 Å². The molecule has 1 rings (SSSR count). The summed E-state index contributed by atoms with van der Waals surface area (Å²) in [6, 6.07) is 0. The number of alkyl halides is 1. The fourth-order valence-electron chi connectivity index (χ4n) is 2.33. The second kappa shape index (κ2) is 10.1. The number of hydrogen-bond acceptors (Lipinski definition) is 5. The fourth-order valence-corrected chi connectivity index (χ4v) is 2.33. The second-order valence-corrected chi connectivity index (χ2v) is 4.90. The molecule has 1 aliphatic rings. The van der Waals surface area contributed by atoms with Gasteiger partial charge in [0.1, 0.15) is 5.71 Å². The molecule has 0 N–H and O–H groups in total. The van der Waals surface area contributed by atoms with Crippen molar-refractivity contribution in [1.82, 2.24) is 0 Å². The van der Waals surface area contributed by atoms with Crippen LogP contribution >= 0.6 is 0 Å². The fraction of sp³-hybridized carbons (Fsp3) is 0.933. The molecule has 0 fully saturated rings. The minimum atomic E-state index is -1.27. The standard InChI is InChI=1S/C15H28FNO4/c1-5-9-10-11-12(16)13(15(19-7-3)20-8-4)17-21-14(11)18-6-2/h11-12,14-15H,5-10H2,1-4H3. The molecule has 1 heterocycles. The van der Waals surface area contributed by atoms with Gasteiger partial charge in [0.25, 0.3) is 0 Å². The molecule has 0 spiro atoms. The summed E-state index contributed by atoms with van der Waals surface area (Å²) in [7, 11) is 0. The number of oxime groups is 1. The summed E-state index contributed by atoms with van der Waals surface area (Å²) in [4.78, 5) is 5.35. The van der Waals surface area contributed by atoms with E-state index in [1.54, 1.807) is 0 Å². The van der Waals surface area contributed by atoms with Gasteiger partial charge in [-0.25, -0.2) is 4.39 Å². The van der Waals surface area contributed by atoms with Gasteiger partial charge < -0.3 is 19.0 Å². The van der Waals surface area contributed by atoms with Crippen molar-refractivity contribution in [2.45, 2.75) is 65.7 Å². The van der Waals surface area contributed by atoms with E-state index in [0.29, 0.717) is 26.2 Å². The minimum Gasteiger partial charge on any atom is -0.363 e. The van der Waals surface area contributed by atoms with Crippen molar-refractivity contribution >= 4 is 5.71 Å². The highest BCUT2D eigenvalue weighted by molar-refractivity contribution is 5.92. The van der Waals surface area contributed by atoms with Crippen molar-refractivity contribution in [3.05, 3.63) is 0 Å². The van der Waals surface area contributed by atoms with Gasteiger partial charge in [-0.3, -0.25) is 0 Å². The molecule has 6 heteroatoms. The monoisotopic (exact) mass is 305 g/mol. The van der Waals surface area contributed by atoms with E-state index in [1.165, 1.54) is 0 Å². The van der Waals surface area contributed by atoms with E-state index in [-0.39, 0.29) is 11.6 Å². The summed E-state index contributed by atoms with van der Waals surface area (Å²) in [6.07, 6.45) is -0.101. The molecule has 0 bridgehead atoms. The van der Waals surface area contributed by atoms with Crippen LogP contribution in [0.1, 0.15) is 47.0 Å². The normalized spacial score (nSPS) is 25.8. The lowest BCUT2D eigenvalue weighted by Gasteiger charge is -2.34. The van der Waals surface area contributed by atoms with Crippen LogP contribution in [0.4, 0.5) is 4.39 Å². The highest BCUT2D eigenvalue weighted by Crippen LogP contribution is 2.30. The Bertz CT molecular complexity index is 308. The number of ether oxygens (including phenoxy) is 3. The molecule has 0 saturated heterocycles. The van der Waals surface area contributed by atoms with E-state index in [9.17, 15) is 4.39 Å². The molecule has 0 aromatic carbocycles. The average molecular weight is 305 g/mol. The molecule has 1 aliphatic heterocycles. The van der Waals surface area contributed by atoms with Gasteiger partial charge in [-0.15, -0.1) is 0 Å². The predicted octanol–water partition coefficient (Wildman–Crippen LogP) is 3.28. The van der Waals surface area contributed by atoms with Crippen LogP contribution in [0.2, 0.25) is 0 Å². The van der Waals surface area contributed by atoms with Crippen LogP contribution < -0.4 is 0 Å². The Kier molecular flexibility index (Phi) is 8.80. The Labute approximate surface area is 126 Å². The van der Waals surface area contributed by atoms with Crippen LogP contribution in [-0.4, -0.2) is 44.3 Å². The van der Waals surface area contributed by atoms with Crippen LogP contribution in [0.15, 0.2) is 5.16 Å². The van der Waals surface area contributed by atoms with Gasteiger partial charge >= 0.3 is 0 Å². The second-order valence-electron chi connectivity index (χ2n) is 4.90. The molecule has 0 saturated carbocycles. The minimum absolute atomic E-state index is 0.177. The third kappa shape index (κ3) is 5.20. The quantitative estimate of drug-likeness (QED) is 0.581. The van der Waals surface area contributed by atoms with Gasteiger partial charge in [0.2, 0.25) is 12.6 Å². The Morgan fingerprint density at radius 2 is 1.81 bits per heavy atom. The molecule has 0 radical (unpaired) electrons. The summed E-state index contributed by atoms with van der Waals surface area (Å²) < 4.78 is 31.2. The molecule has 124 valence electrons. The highest BCUT2D eigenvalue weighted by Gasteiger charge is 2.42. The number of unbranched alkanes of at least 4 members (excludes halogenated alkanes) is 1. The molecule has 0 aromatic rings. The first kappa shape index (κ1) is 18.3. The van der Waals surface area contributed by atoms with E-state index in [0.717, 1.165) is 12.8 Å². The molecular formula is C15H28FNO4. The van der Waals surface area contributed by atoms with Crippen molar-refractivity contribution < 1.29 is 23.4 Å². The van der Waals surface area contributed by atoms with Crippen LogP contribution in [0.25, 0.3) is 0 Å². The zero-order chi connectivity index (χ0) is 15.7. The van der Waals surface area contributed by atoms with Gasteiger partial charge in [-0.2, -0.15) is 0 Å². The van der Waals surface area contributed by atoms with E-state index in [4.69, 9.17) is 19.0 Å². The first-order valence-electron chi connectivity index (χ1n) is 7.91. The van der Waals surface area contributed by atoms with Gasteiger partial charge in [0, 0.05) is 19.8 Å². The first-order valence-corrected chi connectivity index (χ1v) is 7.91. The van der Waals surface area contributed by atoms with E-state index in [2.05, 4.69) is 12.1 Å². The van der Waals surface area contributed by atoms with E-state index < -0.39 is 18.8 Å². The lowest BCUT2D eigenvalue weighted by Crippen LogP contribution is -2.47. The van der Waals surface area contributed by atoms with E-state index >= 15 is 0 Å². The number of hydrogen-bond donors (Lipinski definition) is 0. The Balaban J connectivity index is 2.84. The van der Waals surface area contributed by atoms with Crippen molar-refractivity contribution in [3.8, 4) is 0 Å². The lowest BCUT2D eigenvalue weighted by molar-refractivity contribution is -0.194. The van der Waals surface area contributed by atoms with Crippen molar-refractivity contribution in [2.24, 2.45) is 11.1 Å². The lowest BCUT2D eigenvalue weighted by atomic mass is 9.92. The van der Waals surface area contributed by atoms with Crippen LogP contribution in [0.3, 0.4) is 0 Å². The summed E-state index contributed by atoms with van der Waals surface area (Å²) in [5.74, 6) is -0.374. The maximum absolute atomic E-state index is 14.9.